The van der Waals surface area contributed by atoms with Gasteiger partial charge in [0.25, 0.3) is 11.8 Å². The van der Waals surface area contributed by atoms with Gasteiger partial charge in [0, 0.05) is 59.0 Å². The molecule has 0 atom stereocenters. The standard InChI is InChI=1S/C24H22N4O4/c1-31-19-9-14-16(12-28(8-7-25)18(14)10-20(19)32-2)22-21(23(29)27-24(22)30)15-11-26-17-6-4-3-5-13(15)17/h3-6,9-12,26H,7-8,25H2,1-2H3,(H,27,29,30). The predicted molar refractivity (Wildman–Crippen MR) is 122 cm³/mol. The number of amides is 2. The van der Waals surface area contributed by atoms with Crippen LogP contribution in [-0.2, 0) is 16.1 Å². The summed E-state index contributed by atoms with van der Waals surface area (Å²) in [4.78, 5) is 29.1. The van der Waals surface area contributed by atoms with Gasteiger partial charge in [0.1, 0.15) is 0 Å². The van der Waals surface area contributed by atoms with Crippen molar-refractivity contribution in [2.75, 3.05) is 20.8 Å². The van der Waals surface area contributed by atoms with Gasteiger partial charge in [-0.25, -0.2) is 0 Å². The van der Waals surface area contributed by atoms with Crippen molar-refractivity contribution in [3.63, 3.8) is 0 Å². The van der Waals surface area contributed by atoms with Crippen molar-refractivity contribution in [2.24, 2.45) is 5.73 Å². The number of para-hydroxylation sites is 1. The van der Waals surface area contributed by atoms with E-state index < -0.39 is 11.8 Å². The molecule has 1 aliphatic rings. The highest BCUT2D eigenvalue weighted by molar-refractivity contribution is 6.50. The Kier molecular flexibility index (Phi) is 4.71. The van der Waals surface area contributed by atoms with Crippen LogP contribution in [0.15, 0.2) is 48.8 Å². The average molecular weight is 430 g/mol. The molecular weight excluding hydrogens is 408 g/mol. The second kappa shape index (κ2) is 7.58. The lowest BCUT2D eigenvalue weighted by Gasteiger charge is -2.10. The molecule has 0 saturated heterocycles. The lowest BCUT2D eigenvalue weighted by molar-refractivity contribution is -0.122. The number of hydrogen-bond acceptors (Lipinski definition) is 5. The van der Waals surface area contributed by atoms with Gasteiger partial charge in [0.15, 0.2) is 11.5 Å². The van der Waals surface area contributed by atoms with Crippen molar-refractivity contribution in [1.82, 2.24) is 14.9 Å². The number of hydrogen-bond donors (Lipinski definition) is 3. The van der Waals surface area contributed by atoms with Crippen LogP contribution in [0.2, 0.25) is 0 Å². The van der Waals surface area contributed by atoms with E-state index in [0.29, 0.717) is 46.9 Å². The number of ether oxygens (including phenoxy) is 2. The van der Waals surface area contributed by atoms with Crippen LogP contribution in [0.5, 0.6) is 11.5 Å². The largest absolute Gasteiger partial charge is 0.493 e. The van der Waals surface area contributed by atoms with Gasteiger partial charge in [0.2, 0.25) is 0 Å². The summed E-state index contributed by atoms with van der Waals surface area (Å²) in [5.41, 5.74) is 9.54. The first-order valence-electron chi connectivity index (χ1n) is 10.2. The number of methoxy groups -OCH3 is 2. The van der Waals surface area contributed by atoms with E-state index in [4.69, 9.17) is 15.2 Å². The molecule has 3 heterocycles. The van der Waals surface area contributed by atoms with Gasteiger partial charge in [-0.15, -0.1) is 0 Å². The number of benzene rings is 2. The topological polar surface area (TPSA) is 111 Å². The third kappa shape index (κ3) is 2.88. The van der Waals surface area contributed by atoms with Crippen molar-refractivity contribution in [2.45, 2.75) is 6.54 Å². The van der Waals surface area contributed by atoms with Crippen LogP contribution in [0, 0.1) is 0 Å². The molecule has 0 radical (unpaired) electrons. The number of nitrogens with two attached hydrogens (primary N) is 1. The number of carbonyl (C=O) groups excluding carboxylic acids is 2. The molecule has 8 heteroatoms. The highest BCUT2D eigenvalue weighted by atomic mass is 16.5. The molecule has 2 aromatic carbocycles. The minimum atomic E-state index is -0.433. The second-order valence-electron chi connectivity index (χ2n) is 7.53. The highest BCUT2D eigenvalue weighted by Crippen LogP contribution is 2.41. The summed E-state index contributed by atoms with van der Waals surface area (Å²) in [7, 11) is 3.13. The lowest BCUT2D eigenvalue weighted by atomic mass is 9.95. The summed E-state index contributed by atoms with van der Waals surface area (Å²) >= 11 is 0. The molecule has 1 aliphatic heterocycles. The Morgan fingerprint density at radius 2 is 1.62 bits per heavy atom. The number of aromatic nitrogens is 2. The monoisotopic (exact) mass is 430 g/mol. The van der Waals surface area contributed by atoms with Crippen LogP contribution in [0.1, 0.15) is 11.1 Å². The zero-order valence-electron chi connectivity index (χ0n) is 17.7. The summed E-state index contributed by atoms with van der Waals surface area (Å²) in [5.74, 6) is 0.248. The Bertz CT molecular complexity index is 1430. The Balaban J connectivity index is 1.84. The van der Waals surface area contributed by atoms with Crippen LogP contribution in [0.4, 0.5) is 0 Å². The van der Waals surface area contributed by atoms with Gasteiger partial charge in [-0.1, -0.05) is 18.2 Å². The van der Waals surface area contributed by atoms with E-state index in [-0.39, 0.29) is 0 Å². The van der Waals surface area contributed by atoms with E-state index in [2.05, 4.69) is 10.3 Å². The number of H-pyrrole nitrogens is 1. The molecular formula is C24H22N4O4. The van der Waals surface area contributed by atoms with E-state index in [1.54, 1.807) is 20.4 Å². The SMILES string of the molecule is COc1cc2c(C3=C(c4c[nH]c5ccccc45)C(=O)NC3=O)cn(CCN)c2cc1OC. The zero-order chi connectivity index (χ0) is 22.4. The summed E-state index contributed by atoms with van der Waals surface area (Å²) in [6.07, 6.45) is 3.62. The molecule has 0 saturated carbocycles. The van der Waals surface area contributed by atoms with Crippen LogP contribution in [-0.4, -0.2) is 42.1 Å². The third-order valence-electron chi connectivity index (χ3n) is 5.82. The molecule has 4 aromatic rings. The molecule has 0 spiro atoms. The minimum Gasteiger partial charge on any atom is -0.493 e. The number of aromatic amines is 1. The summed E-state index contributed by atoms with van der Waals surface area (Å²) in [6.45, 7) is 0.953. The third-order valence-corrected chi connectivity index (χ3v) is 5.82. The Labute approximate surface area is 183 Å². The van der Waals surface area contributed by atoms with Gasteiger partial charge in [-0.3, -0.25) is 14.9 Å². The predicted octanol–water partition coefficient (Wildman–Crippen LogP) is 2.67. The molecule has 0 unspecified atom stereocenters. The fraction of sp³-hybridized carbons (Fsp3) is 0.167. The number of nitrogens with zero attached hydrogens (tertiary/aromatic N) is 1. The summed E-state index contributed by atoms with van der Waals surface area (Å²) < 4.78 is 12.9. The Hall–Kier alpha value is -4.04. The van der Waals surface area contributed by atoms with Gasteiger partial charge in [-0.05, 0) is 12.1 Å². The molecule has 4 N–H and O–H groups in total. The van der Waals surface area contributed by atoms with Crippen LogP contribution >= 0.6 is 0 Å². The lowest BCUT2D eigenvalue weighted by Crippen LogP contribution is -2.22. The van der Waals surface area contributed by atoms with E-state index in [1.807, 2.05) is 47.2 Å². The maximum atomic E-state index is 13.0. The van der Waals surface area contributed by atoms with Crippen LogP contribution < -0.4 is 20.5 Å². The van der Waals surface area contributed by atoms with Crippen LogP contribution in [0.3, 0.4) is 0 Å². The quantitative estimate of drug-likeness (QED) is 0.407. The first-order valence-corrected chi connectivity index (χ1v) is 10.2. The fourth-order valence-electron chi connectivity index (χ4n) is 4.39. The van der Waals surface area contributed by atoms with Crippen molar-refractivity contribution < 1.29 is 19.1 Å². The van der Waals surface area contributed by atoms with Crippen molar-refractivity contribution >= 4 is 44.8 Å². The number of imide groups is 1. The number of fused-ring (bicyclic) bond motifs is 2. The fourth-order valence-corrected chi connectivity index (χ4v) is 4.39. The molecule has 8 nitrogen and oxygen atoms in total. The van der Waals surface area contributed by atoms with Crippen molar-refractivity contribution in [3.05, 3.63) is 59.9 Å². The molecule has 0 fully saturated rings. The Morgan fingerprint density at radius 3 is 2.34 bits per heavy atom. The Morgan fingerprint density at radius 1 is 0.938 bits per heavy atom. The molecule has 2 aromatic heterocycles. The normalized spacial score (nSPS) is 14.0. The molecule has 32 heavy (non-hydrogen) atoms. The van der Waals surface area contributed by atoms with Crippen molar-refractivity contribution in [3.8, 4) is 11.5 Å². The van der Waals surface area contributed by atoms with E-state index in [9.17, 15) is 9.59 Å². The maximum Gasteiger partial charge on any atom is 0.259 e. The van der Waals surface area contributed by atoms with Crippen LogP contribution in [0.25, 0.3) is 33.0 Å². The average Bonchev–Trinajstić information content (AvgIpc) is 3.45. The molecule has 5 rings (SSSR count). The first-order chi connectivity index (χ1) is 15.6. The zero-order valence-corrected chi connectivity index (χ0v) is 17.7. The second-order valence-corrected chi connectivity index (χ2v) is 7.53. The molecule has 0 aliphatic carbocycles. The van der Waals surface area contributed by atoms with Gasteiger partial charge >= 0.3 is 0 Å². The molecule has 0 bridgehead atoms. The summed E-state index contributed by atoms with van der Waals surface area (Å²) in [5, 5.41) is 4.11. The van der Waals surface area contributed by atoms with E-state index in [0.717, 1.165) is 21.8 Å². The number of rotatable bonds is 6. The molecule has 162 valence electrons. The van der Waals surface area contributed by atoms with Crippen molar-refractivity contribution in [1.29, 1.82) is 0 Å². The van der Waals surface area contributed by atoms with E-state index in [1.165, 1.54) is 0 Å². The summed E-state index contributed by atoms with van der Waals surface area (Å²) in [6, 6.07) is 11.3. The number of carbonyl (C=O) groups is 2. The first kappa shape index (κ1) is 19.9. The minimum absolute atomic E-state index is 0.327. The van der Waals surface area contributed by atoms with Gasteiger partial charge in [0.05, 0.1) is 30.9 Å². The smallest absolute Gasteiger partial charge is 0.259 e. The van der Waals surface area contributed by atoms with Gasteiger partial charge in [-0.2, -0.15) is 0 Å². The molecule has 2 amide bonds. The number of nitrogens with one attached hydrogen (secondary N) is 2. The van der Waals surface area contributed by atoms with E-state index >= 15 is 0 Å². The maximum absolute atomic E-state index is 13.0. The highest BCUT2D eigenvalue weighted by Gasteiger charge is 2.35. The van der Waals surface area contributed by atoms with Gasteiger partial charge < -0.3 is 24.8 Å².